The van der Waals surface area contributed by atoms with Crippen molar-refractivity contribution in [3.05, 3.63) is 76.2 Å². The van der Waals surface area contributed by atoms with Crippen LogP contribution in [-0.2, 0) is 17.3 Å². The number of anilines is 1. The fourth-order valence-electron chi connectivity index (χ4n) is 6.35. The third kappa shape index (κ3) is 7.15. The van der Waals surface area contributed by atoms with E-state index in [2.05, 4.69) is 40.5 Å². The van der Waals surface area contributed by atoms with Gasteiger partial charge >= 0.3 is 18.2 Å². The van der Waals surface area contributed by atoms with E-state index in [1.54, 1.807) is 12.1 Å². The average Bonchev–Trinajstić information content (AvgIpc) is 3.51. The third-order valence-electron chi connectivity index (χ3n) is 8.61. The molecular weight excluding hydrogens is 587 g/mol. The van der Waals surface area contributed by atoms with Gasteiger partial charge in [-0.2, -0.15) is 18.3 Å². The summed E-state index contributed by atoms with van der Waals surface area (Å²) in [5.74, 6) is -0.784. The third-order valence-corrected chi connectivity index (χ3v) is 8.61. The van der Waals surface area contributed by atoms with Crippen molar-refractivity contribution in [1.82, 2.24) is 19.7 Å². The van der Waals surface area contributed by atoms with Crippen LogP contribution < -0.4 is 5.32 Å². The SMILES string of the molecule is CCOC(=O)c1cnn(-c2cccc(C3=C(CNc4ccc(C5CCN(C(=O)O)CC5)c(CC)c4)CCCC3)n2)c1C(F)(F)F. The molecule has 2 aliphatic rings. The number of rotatable bonds is 9. The van der Waals surface area contributed by atoms with E-state index in [4.69, 9.17) is 4.74 Å². The Balaban J connectivity index is 1.37. The fraction of sp³-hybridized carbons (Fsp3) is 0.455. The van der Waals surface area contributed by atoms with Crippen LogP contribution in [0.3, 0.4) is 0 Å². The van der Waals surface area contributed by atoms with E-state index in [1.165, 1.54) is 29.0 Å². The lowest BCUT2D eigenvalue weighted by Gasteiger charge is -2.31. The number of alkyl halides is 3. The Kier molecular flexibility index (Phi) is 9.79. The molecule has 45 heavy (non-hydrogen) atoms. The molecule has 9 nitrogen and oxygen atoms in total. The summed E-state index contributed by atoms with van der Waals surface area (Å²) in [6, 6.07) is 11.3. The molecule has 3 aromatic rings. The second-order valence-corrected chi connectivity index (χ2v) is 11.4. The summed E-state index contributed by atoms with van der Waals surface area (Å²) in [5, 5.41) is 16.7. The maximum atomic E-state index is 14.1. The van der Waals surface area contributed by atoms with Crippen LogP contribution in [0.25, 0.3) is 11.4 Å². The van der Waals surface area contributed by atoms with Crippen LogP contribution in [0.4, 0.5) is 23.7 Å². The molecule has 3 heterocycles. The van der Waals surface area contributed by atoms with E-state index in [1.807, 2.05) is 0 Å². The molecule has 0 radical (unpaired) electrons. The van der Waals surface area contributed by atoms with Crippen molar-refractivity contribution in [1.29, 1.82) is 0 Å². The molecule has 2 N–H and O–H groups in total. The van der Waals surface area contributed by atoms with Crippen molar-refractivity contribution in [2.75, 3.05) is 31.6 Å². The zero-order valence-electron chi connectivity index (χ0n) is 25.5. The van der Waals surface area contributed by atoms with Gasteiger partial charge in [0.15, 0.2) is 11.5 Å². The van der Waals surface area contributed by atoms with Gasteiger partial charge in [0.05, 0.1) is 18.5 Å². The first-order chi connectivity index (χ1) is 21.6. The number of halogens is 3. The minimum absolute atomic E-state index is 0.0295. The standard InChI is InChI=1S/C33H38F3N5O4/c1-3-21-18-24(12-13-25(21)22-14-16-40(17-15-22)32(43)44)37-19-23-8-5-6-9-26(23)28-10-7-11-29(39-28)41-30(33(34,35)36)27(20-38-41)31(42)45-4-2/h7,10-13,18,20,22,37H,3-6,8-9,14-17,19H2,1-2H3,(H,43,44). The summed E-state index contributed by atoms with van der Waals surface area (Å²) in [7, 11) is 0. The zero-order chi connectivity index (χ0) is 32.1. The van der Waals surface area contributed by atoms with Crippen molar-refractivity contribution in [2.45, 2.75) is 70.9 Å². The second kappa shape index (κ2) is 13.7. The van der Waals surface area contributed by atoms with Crippen molar-refractivity contribution in [2.24, 2.45) is 0 Å². The summed E-state index contributed by atoms with van der Waals surface area (Å²) in [5.41, 5.74) is 4.36. The number of carbonyl (C=O) groups is 2. The number of hydrogen-bond donors (Lipinski definition) is 2. The molecule has 1 fully saturated rings. The number of likely N-dealkylation sites (tertiary alicyclic amines) is 1. The number of piperidine rings is 1. The molecule has 240 valence electrons. The molecule has 1 saturated heterocycles. The van der Waals surface area contributed by atoms with Crippen LogP contribution in [-0.4, -0.2) is 63.1 Å². The number of allylic oxidation sites excluding steroid dienone is 1. The molecule has 1 aliphatic heterocycles. The van der Waals surface area contributed by atoms with Gasteiger partial charge in [-0.1, -0.05) is 19.1 Å². The number of benzene rings is 1. The highest BCUT2D eigenvalue weighted by atomic mass is 19.4. The highest BCUT2D eigenvalue weighted by Crippen LogP contribution is 2.36. The Morgan fingerprint density at radius 2 is 1.84 bits per heavy atom. The predicted octanol–water partition coefficient (Wildman–Crippen LogP) is 7.32. The van der Waals surface area contributed by atoms with E-state index in [-0.39, 0.29) is 12.4 Å². The molecule has 1 aromatic carbocycles. The summed E-state index contributed by atoms with van der Waals surface area (Å²) in [6.07, 6.45) is 1.19. The first-order valence-electron chi connectivity index (χ1n) is 15.5. The summed E-state index contributed by atoms with van der Waals surface area (Å²) < 4.78 is 47.8. The molecule has 0 saturated carbocycles. The van der Waals surface area contributed by atoms with Gasteiger partial charge in [-0.3, -0.25) is 0 Å². The number of nitrogens with one attached hydrogen (secondary N) is 1. The molecule has 0 bridgehead atoms. The van der Waals surface area contributed by atoms with Crippen molar-refractivity contribution >= 4 is 23.3 Å². The van der Waals surface area contributed by atoms with Gasteiger partial charge in [0.1, 0.15) is 5.56 Å². The molecule has 12 heteroatoms. The maximum Gasteiger partial charge on any atom is 0.434 e. The van der Waals surface area contributed by atoms with Gasteiger partial charge in [-0.15, -0.1) is 0 Å². The Hall–Kier alpha value is -4.35. The Morgan fingerprint density at radius 1 is 1.09 bits per heavy atom. The van der Waals surface area contributed by atoms with Gasteiger partial charge in [0.2, 0.25) is 0 Å². The minimum Gasteiger partial charge on any atom is -0.465 e. The molecule has 5 rings (SSSR count). The largest absolute Gasteiger partial charge is 0.465 e. The average molecular weight is 626 g/mol. The van der Waals surface area contributed by atoms with Crippen molar-refractivity contribution in [3.8, 4) is 5.82 Å². The Bertz CT molecular complexity index is 1570. The lowest BCUT2D eigenvalue weighted by Crippen LogP contribution is -2.36. The number of aryl methyl sites for hydroxylation is 1. The first kappa shape index (κ1) is 32.1. The van der Waals surface area contributed by atoms with Crippen molar-refractivity contribution < 1.29 is 32.6 Å². The summed E-state index contributed by atoms with van der Waals surface area (Å²) in [6.45, 7) is 5.24. The van der Waals surface area contributed by atoms with Gasteiger partial charge in [0.25, 0.3) is 0 Å². The van der Waals surface area contributed by atoms with Crippen LogP contribution >= 0.6 is 0 Å². The van der Waals surface area contributed by atoms with Crippen molar-refractivity contribution in [3.63, 3.8) is 0 Å². The zero-order valence-corrected chi connectivity index (χ0v) is 25.5. The highest BCUT2D eigenvalue weighted by molar-refractivity contribution is 5.90. The molecule has 0 atom stereocenters. The number of esters is 1. The van der Waals surface area contributed by atoms with Gasteiger partial charge < -0.3 is 20.1 Å². The summed E-state index contributed by atoms with van der Waals surface area (Å²) >= 11 is 0. The van der Waals surface area contributed by atoms with Gasteiger partial charge in [-0.25, -0.2) is 19.3 Å². The number of carboxylic acid groups (broad SMARTS) is 1. The lowest BCUT2D eigenvalue weighted by molar-refractivity contribution is -0.143. The molecule has 1 amide bonds. The molecule has 0 unspecified atom stereocenters. The van der Waals surface area contributed by atoms with Crippen LogP contribution in [0.15, 0.2) is 48.2 Å². The number of ether oxygens (including phenoxy) is 1. The highest BCUT2D eigenvalue weighted by Gasteiger charge is 2.41. The minimum atomic E-state index is -4.85. The van der Waals surface area contributed by atoms with Crippen LogP contribution in [0.2, 0.25) is 0 Å². The number of pyridine rings is 1. The maximum absolute atomic E-state index is 14.1. The smallest absolute Gasteiger partial charge is 0.434 e. The van der Waals surface area contributed by atoms with Gasteiger partial charge in [-0.05, 0) is 104 Å². The monoisotopic (exact) mass is 625 g/mol. The second-order valence-electron chi connectivity index (χ2n) is 11.4. The first-order valence-corrected chi connectivity index (χ1v) is 15.5. The summed E-state index contributed by atoms with van der Waals surface area (Å²) in [4.78, 5) is 29.6. The molecule has 2 aromatic heterocycles. The number of nitrogens with zero attached hydrogens (tertiary/aromatic N) is 4. The van der Waals surface area contributed by atoms with Crippen LogP contribution in [0, 0.1) is 0 Å². The number of amides is 1. The van der Waals surface area contributed by atoms with E-state index in [0.717, 1.165) is 68.0 Å². The van der Waals surface area contributed by atoms with E-state index < -0.39 is 29.5 Å². The normalized spacial score (nSPS) is 16.2. The van der Waals surface area contributed by atoms with E-state index in [9.17, 15) is 27.9 Å². The van der Waals surface area contributed by atoms with Crippen LogP contribution in [0.5, 0.6) is 0 Å². The molecule has 0 spiro atoms. The number of aromatic nitrogens is 3. The quantitative estimate of drug-likeness (QED) is 0.240. The molecule has 1 aliphatic carbocycles. The Labute approximate surface area is 260 Å². The van der Waals surface area contributed by atoms with Crippen LogP contribution in [0.1, 0.15) is 91.2 Å². The topological polar surface area (TPSA) is 110 Å². The van der Waals surface area contributed by atoms with Gasteiger partial charge in [0, 0.05) is 25.3 Å². The number of carbonyl (C=O) groups excluding carboxylic acids is 1. The molecular formula is C33H38F3N5O4. The fourth-order valence-corrected chi connectivity index (χ4v) is 6.35. The lowest BCUT2D eigenvalue weighted by atomic mass is 9.85. The Morgan fingerprint density at radius 3 is 2.53 bits per heavy atom. The predicted molar refractivity (Wildman–Crippen MR) is 164 cm³/mol. The van der Waals surface area contributed by atoms with E-state index >= 15 is 0 Å². The number of hydrogen-bond acceptors (Lipinski definition) is 6. The van der Waals surface area contributed by atoms with E-state index in [0.29, 0.717) is 35.9 Å².